The van der Waals surface area contributed by atoms with Crippen LogP contribution in [0.1, 0.15) is 72.9 Å². The van der Waals surface area contributed by atoms with E-state index < -0.39 is 0 Å². The number of hydrogen-bond donors (Lipinski definition) is 1. The van der Waals surface area contributed by atoms with E-state index in [2.05, 4.69) is 96.2 Å². The number of nitrogens with one attached hydrogen (secondary N) is 1. The number of benzene rings is 2. The summed E-state index contributed by atoms with van der Waals surface area (Å²) >= 11 is 5.98. The Balaban J connectivity index is 1.40. The monoisotopic (exact) mass is 536 g/mol. The molecule has 1 saturated heterocycles. The summed E-state index contributed by atoms with van der Waals surface area (Å²) in [4.78, 5) is 6.98. The van der Waals surface area contributed by atoms with Crippen LogP contribution in [0.3, 0.4) is 0 Å². The van der Waals surface area contributed by atoms with E-state index in [1.54, 1.807) is 0 Å². The van der Waals surface area contributed by atoms with E-state index in [9.17, 15) is 0 Å². The normalized spacial score (nSPS) is 19.5. The number of rotatable bonds is 7. The van der Waals surface area contributed by atoms with Crippen molar-refractivity contribution in [2.75, 3.05) is 4.90 Å². The van der Waals surface area contributed by atoms with Gasteiger partial charge in [0.2, 0.25) is 0 Å². The summed E-state index contributed by atoms with van der Waals surface area (Å²) < 4.78 is 8.59. The van der Waals surface area contributed by atoms with Crippen molar-refractivity contribution in [3.63, 3.8) is 0 Å². The molecule has 200 valence electrons. The lowest BCUT2D eigenvalue weighted by atomic mass is 9.96. The summed E-state index contributed by atoms with van der Waals surface area (Å²) in [5, 5.41) is 4.31. The van der Waals surface area contributed by atoms with Gasteiger partial charge in [0.1, 0.15) is 5.75 Å². The zero-order valence-electron chi connectivity index (χ0n) is 22.9. The maximum Gasteiger partial charge on any atom is 0.174 e. The molecule has 6 rings (SSSR count). The molecule has 39 heavy (non-hydrogen) atoms. The standard InChI is InChI=1S/C33H36N4OS/c1-4-24-12-14-25(15-13-24)36-22(2)21-29(23(36)3)32-31(30-11-7-8-20-34-30)35-33(39)37(32)26-16-18-28(19-17-26)38-27-9-5-6-10-27/h7-8,11-21,27,31-32H,4-6,9-10H2,1-3H3,(H,35,39)/t31-,32+/m0/s1. The molecule has 1 N–H and O–H groups in total. The number of ether oxygens (including phenoxy) is 1. The average Bonchev–Trinajstić information content (AvgIpc) is 3.67. The van der Waals surface area contributed by atoms with Gasteiger partial charge < -0.3 is 19.5 Å². The predicted octanol–water partition coefficient (Wildman–Crippen LogP) is 7.55. The van der Waals surface area contributed by atoms with Crippen LogP contribution in [0.15, 0.2) is 79.0 Å². The van der Waals surface area contributed by atoms with E-state index in [0.29, 0.717) is 11.2 Å². The third kappa shape index (κ3) is 4.94. The van der Waals surface area contributed by atoms with E-state index >= 15 is 0 Å². The Hall–Kier alpha value is -3.64. The van der Waals surface area contributed by atoms with Gasteiger partial charge in [-0.3, -0.25) is 4.98 Å². The maximum absolute atomic E-state index is 6.24. The van der Waals surface area contributed by atoms with Gasteiger partial charge in [-0.25, -0.2) is 0 Å². The van der Waals surface area contributed by atoms with E-state index in [0.717, 1.165) is 36.4 Å². The van der Waals surface area contributed by atoms with Crippen molar-refractivity contribution in [1.82, 2.24) is 14.9 Å². The topological polar surface area (TPSA) is 42.3 Å². The van der Waals surface area contributed by atoms with Gasteiger partial charge in [0.25, 0.3) is 0 Å². The lowest BCUT2D eigenvalue weighted by Crippen LogP contribution is -2.29. The molecule has 3 heterocycles. The van der Waals surface area contributed by atoms with Crippen LogP contribution in [-0.2, 0) is 6.42 Å². The van der Waals surface area contributed by atoms with Gasteiger partial charge in [-0.05, 0) is 124 Å². The molecule has 0 unspecified atom stereocenters. The van der Waals surface area contributed by atoms with Crippen molar-refractivity contribution in [2.24, 2.45) is 0 Å². The van der Waals surface area contributed by atoms with Crippen molar-refractivity contribution < 1.29 is 4.74 Å². The highest BCUT2D eigenvalue weighted by atomic mass is 32.1. The number of anilines is 1. The van der Waals surface area contributed by atoms with Crippen molar-refractivity contribution in [3.8, 4) is 11.4 Å². The number of pyridine rings is 1. The molecule has 5 nitrogen and oxygen atoms in total. The molecular formula is C33H36N4OS. The number of nitrogens with zero attached hydrogens (tertiary/aromatic N) is 3. The van der Waals surface area contributed by atoms with Gasteiger partial charge in [-0.1, -0.05) is 25.1 Å². The number of hydrogen-bond acceptors (Lipinski definition) is 3. The Bertz CT molecular complexity index is 1440. The lowest BCUT2D eigenvalue weighted by Gasteiger charge is -2.28. The van der Waals surface area contributed by atoms with Crippen LogP contribution in [0.2, 0.25) is 0 Å². The summed E-state index contributed by atoms with van der Waals surface area (Å²) in [5.41, 5.74) is 8.19. The van der Waals surface area contributed by atoms with E-state index in [-0.39, 0.29) is 12.1 Å². The molecule has 1 aliphatic carbocycles. The van der Waals surface area contributed by atoms with Crippen molar-refractivity contribution in [1.29, 1.82) is 0 Å². The first kappa shape index (κ1) is 25.6. The highest BCUT2D eigenvalue weighted by Gasteiger charge is 2.42. The summed E-state index contributed by atoms with van der Waals surface area (Å²) in [6.07, 6.45) is 8.03. The van der Waals surface area contributed by atoms with Gasteiger partial charge in [0.15, 0.2) is 5.11 Å². The molecule has 2 aromatic carbocycles. The second-order valence-electron chi connectivity index (χ2n) is 10.7. The Morgan fingerprint density at radius 1 is 0.949 bits per heavy atom. The number of thiocarbonyl (C=S) groups is 1. The zero-order chi connectivity index (χ0) is 26.9. The molecule has 6 heteroatoms. The summed E-state index contributed by atoms with van der Waals surface area (Å²) in [5.74, 6) is 0.926. The number of aromatic nitrogens is 2. The molecule has 0 amide bonds. The minimum atomic E-state index is -0.0791. The lowest BCUT2D eigenvalue weighted by molar-refractivity contribution is 0.210. The Kier molecular flexibility index (Phi) is 7.13. The molecule has 2 fully saturated rings. The average molecular weight is 537 g/mol. The molecule has 1 saturated carbocycles. The van der Waals surface area contributed by atoms with Crippen molar-refractivity contribution >= 4 is 23.0 Å². The molecule has 2 aliphatic rings. The number of aryl methyl sites for hydroxylation is 2. The summed E-state index contributed by atoms with van der Waals surface area (Å²) in [7, 11) is 0. The van der Waals surface area contributed by atoms with E-state index in [1.807, 2.05) is 18.3 Å². The first-order valence-corrected chi connectivity index (χ1v) is 14.5. The quantitative estimate of drug-likeness (QED) is 0.247. The smallest absolute Gasteiger partial charge is 0.174 e. The molecular weight excluding hydrogens is 500 g/mol. The first-order chi connectivity index (χ1) is 19.0. The van der Waals surface area contributed by atoms with Gasteiger partial charge >= 0.3 is 0 Å². The van der Waals surface area contributed by atoms with Crippen LogP contribution < -0.4 is 15.0 Å². The molecule has 1 aliphatic heterocycles. The SMILES string of the molecule is CCc1ccc(-n2c(C)cc([C@@H]3[C@H](c4ccccn4)NC(=S)N3c3ccc(OC4CCCC4)cc3)c2C)cc1. The first-order valence-electron chi connectivity index (χ1n) is 14.1. The van der Waals surface area contributed by atoms with E-state index in [1.165, 1.54) is 41.0 Å². The second-order valence-corrected chi connectivity index (χ2v) is 11.1. The highest BCUT2D eigenvalue weighted by molar-refractivity contribution is 7.80. The molecule has 0 spiro atoms. The second kappa shape index (κ2) is 10.9. The van der Waals surface area contributed by atoms with Gasteiger partial charge in [-0.2, -0.15) is 0 Å². The highest BCUT2D eigenvalue weighted by Crippen LogP contribution is 2.44. The minimum absolute atomic E-state index is 0.0520. The van der Waals surface area contributed by atoms with Crippen LogP contribution >= 0.6 is 12.2 Å². The van der Waals surface area contributed by atoms with Gasteiger partial charge in [0.05, 0.1) is 23.9 Å². The van der Waals surface area contributed by atoms with Gasteiger partial charge in [-0.15, -0.1) is 0 Å². The predicted molar refractivity (Wildman–Crippen MR) is 162 cm³/mol. The largest absolute Gasteiger partial charge is 0.490 e. The molecule has 4 aromatic rings. The molecule has 2 atom stereocenters. The van der Waals surface area contributed by atoms with Crippen LogP contribution in [-0.4, -0.2) is 20.8 Å². The third-order valence-corrected chi connectivity index (χ3v) is 8.52. The van der Waals surface area contributed by atoms with Crippen molar-refractivity contribution in [3.05, 3.63) is 107 Å². The van der Waals surface area contributed by atoms with Crippen LogP contribution in [0, 0.1) is 13.8 Å². The summed E-state index contributed by atoms with van der Waals surface area (Å²) in [6.45, 7) is 6.58. The van der Waals surface area contributed by atoms with Gasteiger partial charge in [0, 0.05) is 29.0 Å². The molecule has 0 radical (unpaired) electrons. The Labute approximate surface area is 236 Å². The van der Waals surface area contributed by atoms with E-state index in [4.69, 9.17) is 21.9 Å². The Morgan fingerprint density at radius 2 is 1.67 bits per heavy atom. The molecule has 2 aromatic heterocycles. The Morgan fingerprint density at radius 3 is 2.33 bits per heavy atom. The van der Waals surface area contributed by atoms with Crippen LogP contribution in [0.5, 0.6) is 5.75 Å². The van der Waals surface area contributed by atoms with Crippen molar-refractivity contribution in [2.45, 2.75) is 71.1 Å². The van der Waals surface area contributed by atoms with Crippen LogP contribution in [0.25, 0.3) is 5.69 Å². The fourth-order valence-electron chi connectivity index (χ4n) is 6.20. The fourth-order valence-corrected chi connectivity index (χ4v) is 6.54. The molecule has 0 bridgehead atoms. The zero-order valence-corrected chi connectivity index (χ0v) is 23.7. The third-order valence-electron chi connectivity index (χ3n) is 8.21. The minimum Gasteiger partial charge on any atom is -0.490 e. The fraction of sp³-hybridized carbons (Fsp3) is 0.333. The van der Waals surface area contributed by atoms with Crippen LogP contribution in [0.4, 0.5) is 5.69 Å². The maximum atomic E-state index is 6.24. The summed E-state index contributed by atoms with van der Waals surface area (Å²) in [6, 6.07) is 25.6.